The van der Waals surface area contributed by atoms with Gasteiger partial charge in [0.15, 0.2) is 12.0 Å². The Morgan fingerprint density at radius 3 is 2.51 bits per heavy atom. The summed E-state index contributed by atoms with van der Waals surface area (Å²) >= 11 is 5.52. The number of fused-ring (bicyclic) bond motifs is 2. The zero-order valence-corrected chi connectivity index (χ0v) is 25.9. The van der Waals surface area contributed by atoms with Crippen LogP contribution in [0.5, 0.6) is 5.75 Å². The summed E-state index contributed by atoms with van der Waals surface area (Å²) in [5, 5.41) is 46.3. The zero-order chi connectivity index (χ0) is 32.4. The van der Waals surface area contributed by atoms with E-state index in [0.29, 0.717) is 81.9 Å². The van der Waals surface area contributed by atoms with Crippen molar-refractivity contribution in [2.24, 2.45) is 5.16 Å². The molecule has 0 saturated carbocycles. The normalized spacial score (nSPS) is 11.8. The van der Waals surface area contributed by atoms with Gasteiger partial charge in [0, 0.05) is 40.5 Å². The van der Waals surface area contributed by atoms with E-state index in [-0.39, 0.29) is 35.7 Å². The highest BCUT2D eigenvalue weighted by Crippen LogP contribution is 2.42. The van der Waals surface area contributed by atoms with E-state index in [0.717, 1.165) is 12.8 Å². The summed E-state index contributed by atoms with van der Waals surface area (Å²) in [5.74, 6) is -0.868. The van der Waals surface area contributed by atoms with Crippen molar-refractivity contribution in [1.29, 1.82) is 0 Å². The van der Waals surface area contributed by atoms with Crippen LogP contribution in [0, 0.1) is 0 Å². The number of aromatic hydroxyl groups is 1. The second kappa shape index (κ2) is 15.6. The lowest BCUT2D eigenvalue weighted by atomic mass is 9.90. The smallest absolute Gasteiger partial charge is 0.336 e. The Morgan fingerprint density at radius 2 is 1.78 bits per heavy atom. The third-order valence-electron chi connectivity index (χ3n) is 7.62. The van der Waals surface area contributed by atoms with Crippen LogP contribution in [0.15, 0.2) is 69.0 Å². The van der Waals surface area contributed by atoms with E-state index in [1.807, 2.05) is 7.05 Å². The number of aromatic carboxylic acids is 1. The molecule has 0 atom stereocenters. The lowest BCUT2D eigenvalue weighted by Crippen LogP contribution is -2.49. The van der Waals surface area contributed by atoms with Gasteiger partial charge in [-0.3, -0.25) is 4.79 Å². The summed E-state index contributed by atoms with van der Waals surface area (Å²) in [7, 11) is 1.95. The number of anilines is 1. The molecule has 0 saturated heterocycles. The molecule has 1 aliphatic carbocycles. The maximum Gasteiger partial charge on any atom is 0.336 e. The van der Waals surface area contributed by atoms with E-state index >= 15 is 0 Å². The van der Waals surface area contributed by atoms with Crippen LogP contribution in [0.1, 0.15) is 36.0 Å². The first-order chi connectivity index (χ1) is 21.6. The molecule has 2 aromatic rings. The van der Waals surface area contributed by atoms with Gasteiger partial charge in [0.25, 0.3) is 0 Å². The number of aliphatic hydroxyl groups is 2. The van der Waals surface area contributed by atoms with Gasteiger partial charge in [-0.1, -0.05) is 23.4 Å². The maximum absolute atomic E-state index is 12.4. The average Bonchev–Trinajstić information content (AvgIpc) is 2.99. The second-order valence-corrected chi connectivity index (χ2v) is 11.5. The van der Waals surface area contributed by atoms with Gasteiger partial charge in [-0.05, 0) is 67.6 Å². The number of benzene rings is 3. The number of rotatable bonds is 16. The van der Waals surface area contributed by atoms with E-state index < -0.39 is 5.97 Å². The van der Waals surface area contributed by atoms with Crippen LogP contribution >= 0.6 is 12.2 Å². The van der Waals surface area contributed by atoms with Crippen molar-refractivity contribution in [3.05, 3.63) is 70.4 Å². The molecule has 0 radical (unpaired) electrons. The van der Waals surface area contributed by atoms with Crippen molar-refractivity contribution in [1.82, 2.24) is 0 Å². The van der Waals surface area contributed by atoms with Gasteiger partial charge in [-0.15, -0.1) is 0 Å². The molecule has 0 unspecified atom stereocenters. The highest BCUT2D eigenvalue weighted by atomic mass is 32.1. The molecule has 0 aromatic heterocycles. The van der Waals surface area contributed by atoms with Crippen LogP contribution in [0.2, 0.25) is 0 Å². The third-order valence-corrected chi connectivity index (χ3v) is 7.92. The number of nitrogens with one attached hydrogen (secondary N) is 1. The molecule has 4 rings (SSSR count). The number of aliphatic hydroxyl groups excluding tert-OH is 2. The van der Waals surface area contributed by atoms with Gasteiger partial charge in [-0.2, -0.15) is 0 Å². The van der Waals surface area contributed by atoms with Crippen LogP contribution in [-0.4, -0.2) is 88.6 Å². The Balaban J connectivity index is 1.37. The van der Waals surface area contributed by atoms with E-state index in [2.05, 4.69) is 10.5 Å². The summed E-state index contributed by atoms with van der Waals surface area (Å²) in [6.45, 7) is 2.17. The number of phenols is 1. The molecule has 2 aromatic carbocycles. The number of oxime groups is 1. The topological polar surface area (TPSA) is 162 Å². The minimum Gasteiger partial charge on any atom is -0.508 e. The number of likely N-dealkylation sites (N-methyl/N-ethyl adjacent to an activating group) is 1. The molecule has 45 heavy (non-hydrogen) atoms. The van der Waals surface area contributed by atoms with Crippen LogP contribution in [0.3, 0.4) is 0 Å². The van der Waals surface area contributed by atoms with E-state index in [9.17, 15) is 30.0 Å². The Hall–Kier alpha value is -4.36. The Labute approximate surface area is 265 Å². The van der Waals surface area contributed by atoms with Crippen molar-refractivity contribution in [2.45, 2.75) is 25.7 Å². The number of carbonyl (C=O) groups is 1. The van der Waals surface area contributed by atoms with Gasteiger partial charge in [-0.25, -0.2) is 4.79 Å². The standard InChI is InChI=1S/C33H37N3O8S/c1-36(13-16-37,14-17-38)15-18-43-34-12-4-2-3-5-31(45)35-22-6-9-25(28(19-22)33(41)42)32-26-10-7-23(39)20-29(26)44-30-21-24(40)8-11-27(30)32/h6-12,19-21,37-38H,2-5,13-18H2,1H3,(H2-,35,39,40,41,42,45)/p+1/b34-12+. The Bertz CT molecular complexity index is 1700. The maximum atomic E-state index is 12.4. The molecular formula is C33H38N3O8S+. The Morgan fingerprint density at radius 1 is 1.02 bits per heavy atom. The number of phenolic OH excluding ortho intramolecular Hbond substituents is 1. The average molecular weight is 637 g/mol. The molecule has 5 N–H and O–H groups in total. The summed E-state index contributed by atoms with van der Waals surface area (Å²) in [4.78, 5) is 30.4. The number of thiocarbonyl (C=S) groups is 1. The number of quaternary nitrogens is 1. The van der Waals surface area contributed by atoms with Gasteiger partial charge < -0.3 is 39.5 Å². The van der Waals surface area contributed by atoms with Gasteiger partial charge in [0.2, 0.25) is 0 Å². The van der Waals surface area contributed by atoms with Gasteiger partial charge in [0.05, 0.1) is 30.8 Å². The predicted molar refractivity (Wildman–Crippen MR) is 177 cm³/mol. The highest BCUT2D eigenvalue weighted by Gasteiger charge is 2.23. The monoisotopic (exact) mass is 636 g/mol. The summed E-state index contributed by atoms with van der Waals surface area (Å²) in [6, 6.07) is 13.9. The van der Waals surface area contributed by atoms with Crippen molar-refractivity contribution >= 4 is 46.0 Å². The summed E-state index contributed by atoms with van der Waals surface area (Å²) < 4.78 is 6.40. The molecule has 2 aliphatic rings. The number of unbranched alkanes of at least 4 members (excludes halogenated alkanes) is 2. The minimum absolute atomic E-state index is 0.0193. The summed E-state index contributed by atoms with van der Waals surface area (Å²) in [5.41, 5.74) is 2.22. The lowest BCUT2D eigenvalue weighted by Gasteiger charge is -2.32. The number of nitrogens with zero attached hydrogens (tertiary/aromatic N) is 2. The number of hydrogen-bond donors (Lipinski definition) is 5. The van der Waals surface area contributed by atoms with Gasteiger partial charge >= 0.3 is 5.97 Å². The van der Waals surface area contributed by atoms with Gasteiger partial charge in [0.1, 0.15) is 36.7 Å². The largest absolute Gasteiger partial charge is 0.508 e. The minimum atomic E-state index is -1.13. The molecule has 1 heterocycles. The number of hydrogen-bond acceptors (Lipinski definition) is 9. The molecule has 12 heteroatoms. The van der Waals surface area contributed by atoms with Crippen LogP contribution < -0.4 is 10.7 Å². The second-order valence-electron chi connectivity index (χ2n) is 11.0. The molecule has 11 nitrogen and oxygen atoms in total. The molecule has 0 spiro atoms. The van der Waals surface area contributed by atoms with Crippen LogP contribution in [0.25, 0.3) is 33.4 Å². The van der Waals surface area contributed by atoms with Crippen molar-refractivity contribution in [2.75, 3.05) is 51.8 Å². The molecule has 0 fully saturated rings. The highest BCUT2D eigenvalue weighted by molar-refractivity contribution is 7.80. The fraction of sp³-hybridized carbons (Fsp3) is 0.333. The molecule has 1 aliphatic heterocycles. The van der Waals surface area contributed by atoms with Crippen molar-refractivity contribution in [3.8, 4) is 28.2 Å². The van der Waals surface area contributed by atoms with E-state index in [4.69, 9.17) is 21.5 Å². The SMILES string of the molecule is C[N+](CCO)(CCO)CCO/N=C/CCCCC(=S)Nc1ccc(-c2c3ccc(=O)cc-3oc3cc(O)ccc23)c(C(=O)O)c1. The molecular weight excluding hydrogens is 598 g/mol. The first kappa shape index (κ1) is 33.5. The first-order valence-corrected chi connectivity index (χ1v) is 15.1. The predicted octanol–water partition coefficient (Wildman–Crippen LogP) is 4.70. The quantitative estimate of drug-likeness (QED) is 0.0291. The third kappa shape index (κ3) is 8.85. The number of carboxylic acid groups (broad SMARTS) is 1. The molecule has 0 bridgehead atoms. The zero-order valence-electron chi connectivity index (χ0n) is 25.1. The fourth-order valence-corrected chi connectivity index (χ4v) is 5.41. The first-order valence-electron chi connectivity index (χ1n) is 14.7. The summed E-state index contributed by atoms with van der Waals surface area (Å²) in [6.07, 6.45) is 4.64. The molecule has 0 amide bonds. The van der Waals surface area contributed by atoms with Crippen LogP contribution in [0.4, 0.5) is 5.69 Å². The van der Waals surface area contributed by atoms with Crippen LogP contribution in [-0.2, 0) is 4.84 Å². The van der Waals surface area contributed by atoms with E-state index in [1.54, 1.807) is 30.5 Å². The van der Waals surface area contributed by atoms with Crippen molar-refractivity contribution < 1.29 is 39.0 Å². The lowest BCUT2D eigenvalue weighted by molar-refractivity contribution is -0.910. The number of carboxylic acids is 1. The fourth-order valence-electron chi connectivity index (χ4n) is 5.15. The molecule has 238 valence electrons. The Kier molecular flexibility index (Phi) is 11.6. The van der Waals surface area contributed by atoms with Crippen molar-refractivity contribution in [3.63, 3.8) is 0 Å². The van der Waals surface area contributed by atoms with E-state index in [1.165, 1.54) is 30.3 Å².